The molecule has 0 aliphatic carbocycles. The number of nitrogens with one attached hydrogen (secondary N) is 1. The molecule has 2 N–H and O–H groups in total. The van der Waals surface area contributed by atoms with Gasteiger partial charge in [0.2, 0.25) is 0 Å². The van der Waals surface area contributed by atoms with E-state index in [0.29, 0.717) is 6.54 Å². The van der Waals surface area contributed by atoms with Crippen LogP contribution in [0.2, 0.25) is 0 Å². The molecule has 4 heteroatoms. The van der Waals surface area contributed by atoms with E-state index in [1.165, 1.54) is 0 Å². The van der Waals surface area contributed by atoms with Gasteiger partial charge in [0, 0.05) is 12.4 Å². The molecule has 1 saturated heterocycles. The quantitative estimate of drug-likeness (QED) is 0.675. The van der Waals surface area contributed by atoms with Crippen LogP contribution in [-0.2, 0) is 6.54 Å². The number of imidazole rings is 1. The standard InChI is InChI=1S/C9H15N3O/c13-9(1-3-10-4-2-9)7-12-6-5-11-8-12/h5-6,8,10,13H,1-4,7H2. The minimum atomic E-state index is -0.536. The summed E-state index contributed by atoms with van der Waals surface area (Å²) in [4.78, 5) is 3.96. The van der Waals surface area contributed by atoms with E-state index in [1.807, 2.05) is 10.8 Å². The summed E-state index contributed by atoms with van der Waals surface area (Å²) in [6, 6.07) is 0. The minimum Gasteiger partial charge on any atom is -0.388 e. The first-order valence-corrected chi connectivity index (χ1v) is 4.67. The fourth-order valence-corrected chi connectivity index (χ4v) is 1.77. The highest BCUT2D eigenvalue weighted by molar-refractivity contribution is 4.87. The van der Waals surface area contributed by atoms with Gasteiger partial charge in [-0.2, -0.15) is 0 Å². The summed E-state index contributed by atoms with van der Waals surface area (Å²) in [5, 5.41) is 13.4. The largest absolute Gasteiger partial charge is 0.388 e. The number of nitrogens with zero attached hydrogens (tertiary/aromatic N) is 2. The molecule has 13 heavy (non-hydrogen) atoms. The summed E-state index contributed by atoms with van der Waals surface area (Å²) in [6.07, 6.45) is 7.03. The normalized spacial score (nSPS) is 21.6. The summed E-state index contributed by atoms with van der Waals surface area (Å²) < 4.78 is 1.94. The predicted molar refractivity (Wildman–Crippen MR) is 49.3 cm³/mol. The minimum absolute atomic E-state index is 0.536. The van der Waals surface area contributed by atoms with Crippen LogP contribution in [0.3, 0.4) is 0 Å². The predicted octanol–water partition coefficient (Wildman–Crippen LogP) is -0.00240. The van der Waals surface area contributed by atoms with Crippen molar-refractivity contribution >= 4 is 0 Å². The average molecular weight is 181 g/mol. The molecule has 0 unspecified atom stereocenters. The van der Waals surface area contributed by atoms with E-state index in [9.17, 15) is 5.11 Å². The zero-order valence-corrected chi connectivity index (χ0v) is 7.61. The second kappa shape index (κ2) is 3.47. The second-order valence-electron chi connectivity index (χ2n) is 3.71. The first kappa shape index (κ1) is 8.72. The molecule has 0 radical (unpaired) electrons. The first-order valence-electron chi connectivity index (χ1n) is 4.67. The monoisotopic (exact) mass is 181 g/mol. The van der Waals surface area contributed by atoms with E-state index >= 15 is 0 Å². The van der Waals surface area contributed by atoms with Gasteiger partial charge in [-0.15, -0.1) is 0 Å². The highest BCUT2D eigenvalue weighted by atomic mass is 16.3. The average Bonchev–Trinajstić information content (AvgIpc) is 2.57. The number of hydrogen-bond acceptors (Lipinski definition) is 3. The molecule has 0 saturated carbocycles. The van der Waals surface area contributed by atoms with Crippen molar-refractivity contribution in [2.75, 3.05) is 13.1 Å². The highest BCUT2D eigenvalue weighted by Crippen LogP contribution is 2.19. The Labute approximate surface area is 77.6 Å². The van der Waals surface area contributed by atoms with Crippen molar-refractivity contribution in [3.05, 3.63) is 18.7 Å². The zero-order valence-electron chi connectivity index (χ0n) is 7.61. The third-order valence-corrected chi connectivity index (χ3v) is 2.57. The first-order chi connectivity index (χ1) is 6.29. The number of rotatable bonds is 2. The fraction of sp³-hybridized carbons (Fsp3) is 0.667. The van der Waals surface area contributed by atoms with Crippen LogP contribution in [0, 0.1) is 0 Å². The molecule has 1 aromatic rings. The van der Waals surface area contributed by atoms with Crippen LogP contribution in [0.4, 0.5) is 0 Å². The van der Waals surface area contributed by atoms with E-state index in [-0.39, 0.29) is 0 Å². The molecule has 1 aliphatic heterocycles. The van der Waals surface area contributed by atoms with Gasteiger partial charge in [-0.05, 0) is 25.9 Å². The van der Waals surface area contributed by atoms with E-state index < -0.39 is 5.60 Å². The lowest BCUT2D eigenvalue weighted by Gasteiger charge is -2.32. The van der Waals surface area contributed by atoms with Crippen molar-refractivity contribution in [2.45, 2.75) is 25.0 Å². The van der Waals surface area contributed by atoms with E-state index in [2.05, 4.69) is 10.3 Å². The maximum absolute atomic E-state index is 10.2. The van der Waals surface area contributed by atoms with Crippen LogP contribution in [0.15, 0.2) is 18.7 Å². The van der Waals surface area contributed by atoms with Gasteiger partial charge in [0.05, 0.1) is 18.5 Å². The Balaban J connectivity index is 1.99. The van der Waals surface area contributed by atoms with E-state index in [1.54, 1.807) is 12.5 Å². The molecule has 2 heterocycles. The van der Waals surface area contributed by atoms with Gasteiger partial charge in [0.15, 0.2) is 0 Å². The van der Waals surface area contributed by atoms with E-state index in [0.717, 1.165) is 25.9 Å². The number of hydrogen-bond donors (Lipinski definition) is 2. The maximum atomic E-state index is 10.2. The Morgan fingerprint density at radius 1 is 1.46 bits per heavy atom. The van der Waals surface area contributed by atoms with Crippen LogP contribution in [0.1, 0.15) is 12.8 Å². The molecule has 2 rings (SSSR count). The van der Waals surface area contributed by atoms with Crippen molar-refractivity contribution in [3.63, 3.8) is 0 Å². The molecule has 1 aromatic heterocycles. The third-order valence-electron chi connectivity index (χ3n) is 2.57. The Hall–Kier alpha value is -0.870. The number of aromatic nitrogens is 2. The topological polar surface area (TPSA) is 50.1 Å². The lowest BCUT2D eigenvalue weighted by molar-refractivity contribution is -0.00537. The summed E-state index contributed by atoms with van der Waals surface area (Å²) in [5.41, 5.74) is -0.536. The van der Waals surface area contributed by atoms with Gasteiger partial charge in [-0.1, -0.05) is 0 Å². The van der Waals surface area contributed by atoms with Crippen LogP contribution in [0.5, 0.6) is 0 Å². The molecule has 0 bridgehead atoms. The Bertz CT molecular complexity index is 252. The molecule has 0 atom stereocenters. The molecule has 4 nitrogen and oxygen atoms in total. The molecule has 0 spiro atoms. The third kappa shape index (κ3) is 2.08. The van der Waals surface area contributed by atoms with E-state index in [4.69, 9.17) is 0 Å². The van der Waals surface area contributed by atoms with Gasteiger partial charge in [0.1, 0.15) is 0 Å². The number of piperidine rings is 1. The van der Waals surface area contributed by atoms with Gasteiger partial charge >= 0.3 is 0 Å². The lowest BCUT2D eigenvalue weighted by Crippen LogP contribution is -2.44. The summed E-state index contributed by atoms with van der Waals surface area (Å²) in [7, 11) is 0. The Morgan fingerprint density at radius 2 is 2.23 bits per heavy atom. The molecule has 1 aliphatic rings. The molecular weight excluding hydrogens is 166 g/mol. The van der Waals surface area contributed by atoms with Crippen molar-refractivity contribution < 1.29 is 5.11 Å². The van der Waals surface area contributed by atoms with Gasteiger partial charge in [0.25, 0.3) is 0 Å². The smallest absolute Gasteiger partial charge is 0.0946 e. The van der Waals surface area contributed by atoms with Gasteiger partial charge in [-0.3, -0.25) is 0 Å². The SMILES string of the molecule is OC1(Cn2ccnc2)CCNCC1. The van der Waals surface area contributed by atoms with Crippen LogP contribution in [-0.4, -0.2) is 33.3 Å². The van der Waals surface area contributed by atoms with Crippen molar-refractivity contribution in [3.8, 4) is 0 Å². The van der Waals surface area contributed by atoms with Crippen molar-refractivity contribution in [1.29, 1.82) is 0 Å². The summed E-state index contributed by atoms with van der Waals surface area (Å²) in [6.45, 7) is 2.48. The summed E-state index contributed by atoms with van der Waals surface area (Å²) in [5.74, 6) is 0. The molecular formula is C9H15N3O. The number of aliphatic hydroxyl groups is 1. The van der Waals surface area contributed by atoms with Gasteiger partial charge < -0.3 is 15.0 Å². The fourth-order valence-electron chi connectivity index (χ4n) is 1.77. The molecule has 0 amide bonds. The molecule has 1 fully saturated rings. The van der Waals surface area contributed by atoms with Crippen molar-refractivity contribution in [1.82, 2.24) is 14.9 Å². The zero-order chi connectivity index (χ0) is 9.15. The Morgan fingerprint density at radius 3 is 2.85 bits per heavy atom. The van der Waals surface area contributed by atoms with Crippen LogP contribution in [0.25, 0.3) is 0 Å². The lowest BCUT2D eigenvalue weighted by atomic mass is 9.92. The summed E-state index contributed by atoms with van der Waals surface area (Å²) >= 11 is 0. The molecule has 0 aromatic carbocycles. The van der Waals surface area contributed by atoms with Crippen LogP contribution < -0.4 is 5.32 Å². The molecule has 72 valence electrons. The van der Waals surface area contributed by atoms with Crippen molar-refractivity contribution in [2.24, 2.45) is 0 Å². The highest BCUT2D eigenvalue weighted by Gasteiger charge is 2.29. The van der Waals surface area contributed by atoms with Gasteiger partial charge in [-0.25, -0.2) is 4.98 Å². The van der Waals surface area contributed by atoms with Crippen LogP contribution >= 0.6 is 0 Å². The Kier molecular flexibility index (Phi) is 2.33. The second-order valence-corrected chi connectivity index (χ2v) is 3.71. The maximum Gasteiger partial charge on any atom is 0.0946 e.